The Bertz CT molecular complexity index is 788. The van der Waals surface area contributed by atoms with Crippen molar-refractivity contribution in [2.24, 2.45) is 0 Å². The minimum atomic E-state index is -0.253. The van der Waals surface area contributed by atoms with Crippen molar-refractivity contribution >= 4 is 5.91 Å². The van der Waals surface area contributed by atoms with Crippen molar-refractivity contribution < 1.29 is 9.53 Å². The molecule has 7 nitrogen and oxygen atoms in total. The van der Waals surface area contributed by atoms with Gasteiger partial charge in [0.25, 0.3) is 0 Å². The Morgan fingerprint density at radius 2 is 1.84 bits per heavy atom. The molecular formula is C18H19N5O2. The third-order valence-electron chi connectivity index (χ3n) is 3.83. The highest BCUT2D eigenvalue weighted by Crippen LogP contribution is 2.24. The van der Waals surface area contributed by atoms with Gasteiger partial charge in [-0.1, -0.05) is 12.1 Å². The summed E-state index contributed by atoms with van der Waals surface area (Å²) in [7, 11) is 1.63. The molecule has 2 aromatic heterocycles. The number of aromatic nitrogens is 4. The summed E-state index contributed by atoms with van der Waals surface area (Å²) in [6, 6.07) is 11.2. The van der Waals surface area contributed by atoms with Crippen LogP contribution >= 0.6 is 0 Å². The summed E-state index contributed by atoms with van der Waals surface area (Å²) in [5.74, 6) is 0.711. The molecule has 7 heteroatoms. The number of aryl methyl sites for hydroxylation is 1. The molecule has 0 aliphatic rings. The molecule has 0 aliphatic heterocycles. The Balaban J connectivity index is 1.75. The van der Waals surface area contributed by atoms with Gasteiger partial charge in [0.15, 0.2) is 0 Å². The molecule has 0 bridgehead atoms. The van der Waals surface area contributed by atoms with Crippen LogP contribution in [0.1, 0.15) is 23.6 Å². The average molecular weight is 337 g/mol. The number of ether oxygens (including phenoxy) is 1. The second-order valence-electron chi connectivity index (χ2n) is 5.46. The van der Waals surface area contributed by atoms with E-state index in [4.69, 9.17) is 4.74 Å². The fraction of sp³-hybridized carbons (Fsp3) is 0.222. The fourth-order valence-electron chi connectivity index (χ4n) is 2.51. The molecule has 0 fully saturated rings. The van der Waals surface area contributed by atoms with Gasteiger partial charge >= 0.3 is 0 Å². The van der Waals surface area contributed by atoms with Crippen LogP contribution in [0.5, 0.6) is 5.75 Å². The maximum atomic E-state index is 12.4. The Morgan fingerprint density at radius 3 is 2.48 bits per heavy atom. The first-order chi connectivity index (χ1) is 12.3. The van der Waals surface area contributed by atoms with Gasteiger partial charge in [-0.25, -0.2) is 4.98 Å². The zero-order chi connectivity index (χ0) is 17.5. The lowest BCUT2D eigenvalue weighted by Crippen LogP contribution is -2.30. The Labute approximate surface area is 145 Å². The van der Waals surface area contributed by atoms with Crippen LogP contribution in [0.4, 0.5) is 0 Å². The highest BCUT2D eigenvalue weighted by Gasteiger charge is 2.17. The van der Waals surface area contributed by atoms with E-state index >= 15 is 0 Å². The molecule has 0 spiro atoms. The van der Waals surface area contributed by atoms with E-state index < -0.39 is 0 Å². The van der Waals surface area contributed by atoms with Crippen LogP contribution in [0.3, 0.4) is 0 Å². The summed E-state index contributed by atoms with van der Waals surface area (Å²) >= 11 is 0. The number of rotatable bonds is 7. The summed E-state index contributed by atoms with van der Waals surface area (Å²) in [4.78, 5) is 20.3. The van der Waals surface area contributed by atoms with E-state index in [-0.39, 0.29) is 11.9 Å². The molecule has 0 saturated carbocycles. The number of nitrogens with one attached hydrogen (secondary N) is 1. The number of benzene rings is 1. The van der Waals surface area contributed by atoms with Crippen molar-refractivity contribution in [2.75, 3.05) is 7.11 Å². The normalized spacial score (nSPS) is 11.7. The molecule has 1 N–H and O–H groups in total. The van der Waals surface area contributed by atoms with Crippen molar-refractivity contribution in [1.82, 2.24) is 25.1 Å². The lowest BCUT2D eigenvalue weighted by Gasteiger charge is -2.20. The first-order valence-corrected chi connectivity index (χ1v) is 7.92. The lowest BCUT2D eigenvalue weighted by molar-refractivity contribution is -0.121. The number of methoxy groups -OCH3 is 1. The van der Waals surface area contributed by atoms with Gasteiger partial charge in [0.05, 0.1) is 19.7 Å². The summed E-state index contributed by atoms with van der Waals surface area (Å²) in [6.45, 7) is 0.484. The number of nitrogens with zero attached hydrogens (tertiary/aromatic N) is 4. The van der Waals surface area contributed by atoms with E-state index in [1.165, 1.54) is 6.33 Å². The van der Waals surface area contributed by atoms with E-state index in [0.717, 1.165) is 16.9 Å². The number of hydrogen-bond acceptors (Lipinski definition) is 5. The highest BCUT2D eigenvalue weighted by atomic mass is 16.5. The Kier molecular flexibility index (Phi) is 5.36. The first kappa shape index (κ1) is 16.6. The predicted molar refractivity (Wildman–Crippen MR) is 91.9 cm³/mol. The Hall–Kier alpha value is -3.22. The van der Waals surface area contributed by atoms with E-state index in [2.05, 4.69) is 20.4 Å². The van der Waals surface area contributed by atoms with Gasteiger partial charge in [-0.3, -0.25) is 14.5 Å². The van der Waals surface area contributed by atoms with Gasteiger partial charge in [0.1, 0.15) is 18.4 Å². The van der Waals surface area contributed by atoms with Gasteiger partial charge in [0, 0.05) is 18.8 Å². The molecule has 3 aromatic rings. The van der Waals surface area contributed by atoms with Crippen LogP contribution in [0.15, 0.2) is 61.4 Å². The van der Waals surface area contributed by atoms with E-state index in [1.54, 1.807) is 30.5 Å². The third kappa shape index (κ3) is 4.41. The molecule has 1 atom stereocenters. The highest BCUT2D eigenvalue weighted by molar-refractivity contribution is 5.76. The molecule has 0 unspecified atom stereocenters. The molecule has 0 radical (unpaired) electrons. The predicted octanol–water partition coefficient (Wildman–Crippen LogP) is 1.98. The van der Waals surface area contributed by atoms with Crippen LogP contribution in [0.25, 0.3) is 0 Å². The van der Waals surface area contributed by atoms with E-state index in [1.807, 2.05) is 36.4 Å². The first-order valence-electron chi connectivity index (χ1n) is 7.92. The lowest BCUT2D eigenvalue weighted by atomic mass is 9.99. The summed E-state index contributed by atoms with van der Waals surface area (Å²) in [5.41, 5.74) is 1.94. The molecule has 1 aromatic carbocycles. The minimum absolute atomic E-state index is 0.0619. The summed E-state index contributed by atoms with van der Waals surface area (Å²) < 4.78 is 6.84. The molecule has 3 rings (SSSR count). The second kappa shape index (κ2) is 8.05. The topological polar surface area (TPSA) is 81.9 Å². The molecule has 128 valence electrons. The van der Waals surface area contributed by atoms with Crippen LogP contribution in [-0.2, 0) is 11.3 Å². The summed E-state index contributed by atoms with van der Waals surface area (Å²) in [6.07, 6.45) is 6.80. The SMILES string of the molecule is COc1ccc([C@H](NC(=O)CCn2cncn2)c2ccncc2)cc1. The molecule has 0 aliphatic carbocycles. The second-order valence-corrected chi connectivity index (χ2v) is 5.46. The summed E-state index contributed by atoms with van der Waals surface area (Å²) in [5, 5.41) is 7.09. The van der Waals surface area contributed by atoms with Gasteiger partial charge in [-0.05, 0) is 35.4 Å². The van der Waals surface area contributed by atoms with E-state index in [9.17, 15) is 4.79 Å². The standard InChI is InChI=1S/C18H19N5O2/c1-25-16-4-2-14(3-5-16)18(15-6-9-19-10-7-15)22-17(24)8-11-23-13-20-12-21-23/h2-7,9-10,12-13,18H,8,11H2,1H3,(H,22,24)/t18-/m0/s1. The molecule has 25 heavy (non-hydrogen) atoms. The minimum Gasteiger partial charge on any atom is -0.497 e. The number of amides is 1. The van der Waals surface area contributed by atoms with Crippen molar-refractivity contribution in [3.05, 3.63) is 72.6 Å². The average Bonchev–Trinajstić information content (AvgIpc) is 3.19. The van der Waals surface area contributed by atoms with Gasteiger partial charge in [0.2, 0.25) is 5.91 Å². The largest absolute Gasteiger partial charge is 0.497 e. The molecular weight excluding hydrogens is 318 g/mol. The number of carbonyl (C=O) groups excluding carboxylic acids is 1. The van der Waals surface area contributed by atoms with E-state index in [0.29, 0.717) is 13.0 Å². The fourth-order valence-corrected chi connectivity index (χ4v) is 2.51. The van der Waals surface area contributed by atoms with Crippen molar-refractivity contribution in [3.63, 3.8) is 0 Å². The van der Waals surface area contributed by atoms with Crippen LogP contribution in [-0.4, -0.2) is 32.8 Å². The van der Waals surface area contributed by atoms with Gasteiger partial charge in [-0.15, -0.1) is 0 Å². The molecule has 0 saturated heterocycles. The van der Waals surface area contributed by atoms with Gasteiger partial charge in [-0.2, -0.15) is 5.10 Å². The quantitative estimate of drug-likeness (QED) is 0.713. The zero-order valence-corrected chi connectivity index (χ0v) is 13.9. The van der Waals surface area contributed by atoms with Crippen LogP contribution < -0.4 is 10.1 Å². The van der Waals surface area contributed by atoms with Gasteiger partial charge < -0.3 is 10.1 Å². The van der Waals surface area contributed by atoms with Crippen LogP contribution in [0, 0.1) is 0 Å². The Morgan fingerprint density at radius 1 is 1.12 bits per heavy atom. The number of carbonyl (C=O) groups is 1. The zero-order valence-electron chi connectivity index (χ0n) is 13.9. The maximum Gasteiger partial charge on any atom is 0.222 e. The van der Waals surface area contributed by atoms with Crippen LogP contribution in [0.2, 0.25) is 0 Å². The van der Waals surface area contributed by atoms with Crippen molar-refractivity contribution in [1.29, 1.82) is 0 Å². The third-order valence-corrected chi connectivity index (χ3v) is 3.83. The number of pyridine rings is 1. The molecule has 2 heterocycles. The van der Waals surface area contributed by atoms with Crippen molar-refractivity contribution in [2.45, 2.75) is 19.0 Å². The smallest absolute Gasteiger partial charge is 0.222 e. The maximum absolute atomic E-state index is 12.4. The molecule has 1 amide bonds. The van der Waals surface area contributed by atoms with Crippen molar-refractivity contribution in [3.8, 4) is 5.75 Å². The monoisotopic (exact) mass is 337 g/mol. The number of hydrogen-bond donors (Lipinski definition) is 1.